The largest absolute Gasteiger partial charge is 0.351 e. The van der Waals surface area contributed by atoms with Gasteiger partial charge >= 0.3 is 0 Å². The normalized spacial score (nSPS) is 17.2. The Kier molecular flexibility index (Phi) is 2.77. The Labute approximate surface area is 124 Å². The second-order valence-corrected chi connectivity index (χ2v) is 5.34. The van der Waals surface area contributed by atoms with Gasteiger partial charge in [-0.2, -0.15) is 0 Å². The fraction of sp³-hybridized carbons (Fsp3) is 0.250. The lowest BCUT2D eigenvalue weighted by molar-refractivity contribution is 0.393. The van der Waals surface area contributed by atoms with E-state index in [0.29, 0.717) is 0 Å². The minimum atomic E-state index is 0.804. The summed E-state index contributed by atoms with van der Waals surface area (Å²) in [5.74, 6) is 0.983. The summed E-state index contributed by atoms with van der Waals surface area (Å²) in [4.78, 5) is 10.8. The molecule has 0 aliphatic carbocycles. The maximum Gasteiger partial charge on any atom is 0.176 e. The van der Waals surface area contributed by atoms with Gasteiger partial charge in [-0.1, -0.05) is 36.4 Å². The number of hydrogen-bond donors (Lipinski definition) is 0. The van der Waals surface area contributed by atoms with E-state index in [0.717, 1.165) is 31.1 Å². The highest BCUT2D eigenvalue weighted by Gasteiger charge is 2.32. The summed E-state index contributed by atoms with van der Waals surface area (Å²) in [7, 11) is 2.07. The molecule has 21 heavy (non-hydrogen) atoms. The lowest BCUT2D eigenvalue weighted by atomic mass is 10.1. The van der Waals surface area contributed by atoms with Crippen LogP contribution in [0, 0.1) is 0 Å². The SMILES string of the molecule is CN1CN(N2CCC=C2c2ccccc2)c2ncncc21. The maximum atomic E-state index is 4.47. The van der Waals surface area contributed by atoms with Crippen LogP contribution in [-0.2, 0) is 0 Å². The molecule has 0 saturated carbocycles. The number of fused-ring (bicyclic) bond motifs is 1. The van der Waals surface area contributed by atoms with E-state index in [-0.39, 0.29) is 0 Å². The summed E-state index contributed by atoms with van der Waals surface area (Å²) in [5.41, 5.74) is 3.59. The van der Waals surface area contributed by atoms with Crippen LogP contribution in [0.2, 0.25) is 0 Å². The zero-order valence-corrected chi connectivity index (χ0v) is 12.0. The third-order valence-corrected chi connectivity index (χ3v) is 3.99. The molecule has 5 nitrogen and oxygen atoms in total. The van der Waals surface area contributed by atoms with Crippen LogP contribution in [-0.4, -0.2) is 35.2 Å². The first-order valence-electron chi connectivity index (χ1n) is 7.16. The number of anilines is 2. The average molecular weight is 279 g/mol. The van der Waals surface area contributed by atoms with Gasteiger partial charge in [0, 0.05) is 13.6 Å². The number of hydrogen-bond acceptors (Lipinski definition) is 5. The molecule has 0 radical (unpaired) electrons. The second kappa shape index (κ2) is 4.77. The molecular weight excluding hydrogens is 262 g/mol. The molecule has 0 unspecified atom stereocenters. The van der Waals surface area contributed by atoms with Crippen LogP contribution in [0.1, 0.15) is 12.0 Å². The van der Waals surface area contributed by atoms with Gasteiger partial charge in [-0.25, -0.2) is 15.0 Å². The van der Waals surface area contributed by atoms with Crippen LogP contribution in [0.25, 0.3) is 5.70 Å². The molecule has 2 aromatic rings. The van der Waals surface area contributed by atoms with Gasteiger partial charge in [-0.15, -0.1) is 0 Å². The number of benzene rings is 1. The van der Waals surface area contributed by atoms with E-state index in [1.54, 1.807) is 6.33 Å². The number of rotatable bonds is 2. The highest BCUT2D eigenvalue weighted by atomic mass is 15.7. The first kappa shape index (κ1) is 12.2. The third kappa shape index (κ3) is 1.93. The van der Waals surface area contributed by atoms with Crippen LogP contribution < -0.4 is 9.91 Å². The fourth-order valence-corrected chi connectivity index (χ4v) is 2.99. The van der Waals surface area contributed by atoms with Crippen LogP contribution in [0.15, 0.2) is 48.9 Å². The van der Waals surface area contributed by atoms with Gasteiger partial charge in [0.25, 0.3) is 0 Å². The fourth-order valence-electron chi connectivity index (χ4n) is 2.99. The predicted molar refractivity (Wildman–Crippen MR) is 83.5 cm³/mol. The molecule has 106 valence electrons. The van der Waals surface area contributed by atoms with E-state index in [9.17, 15) is 0 Å². The van der Waals surface area contributed by atoms with Crippen molar-refractivity contribution in [3.8, 4) is 0 Å². The summed E-state index contributed by atoms with van der Waals surface area (Å²) in [6.45, 7) is 1.79. The highest BCUT2D eigenvalue weighted by Crippen LogP contribution is 2.37. The first-order chi connectivity index (χ1) is 10.3. The van der Waals surface area contributed by atoms with Gasteiger partial charge in [-0.3, -0.25) is 5.01 Å². The molecule has 2 aliphatic rings. The number of nitrogens with zero attached hydrogens (tertiary/aromatic N) is 5. The molecule has 1 aromatic heterocycles. The summed E-state index contributed by atoms with van der Waals surface area (Å²) in [5, 5.41) is 4.56. The molecule has 0 fully saturated rings. The molecule has 0 bridgehead atoms. The van der Waals surface area contributed by atoms with Crippen molar-refractivity contribution in [1.29, 1.82) is 0 Å². The number of aromatic nitrogens is 2. The van der Waals surface area contributed by atoms with E-state index < -0.39 is 0 Å². The summed E-state index contributed by atoms with van der Waals surface area (Å²) >= 11 is 0. The van der Waals surface area contributed by atoms with Crippen molar-refractivity contribution in [2.75, 3.05) is 30.2 Å². The van der Waals surface area contributed by atoms with Gasteiger partial charge in [0.05, 0.1) is 11.9 Å². The van der Waals surface area contributed by atoms with Crippen LogP contribution in [0.3, 0.4) is 0 Å². The van der Waals surface area contributed by atoms with Gasteiger partial charge in [0.15, 0.2) is 5.82 Å². The van der Waals surface area contributed by atoms with E-state index >= 15 is 0 Å². The molecule has 0 atom stereocenters. The Morgan fingerprint density at radius 2 is 1.95 bits per heavy atom. The molecule has 4 rings (SSSR count). The maximum absolute atomic E-state index is 4.47. The molecule has 0 amide bonds. The summed E-state index contributed by atoms with van der Waals surface area (Å²) in [6.07, 6.45) is 6.86. The zero-order valence-electron chi connectivity index (χ0n) is 12.0. The standard InChI is InChI=1S/C16H17N5/c1-19-12-21(16-15(19)10-17-11-18-16)20-9-5-8-14(20)13-6-3-2-4-7-13/h2-4,6-8,10-11H,5,9,12H2,1H3. The smallest absolute Gasteiger partial charge is 0.176 e. The van der Waals surface area contributed by atoms with Crippen molar-refractivity contribution >= 4 is 17.2 Å². The molecule has 2 aliphatic heterocycles. The van der Waals surface area contributed by atoms with Crippen LogP contribution in [0.4, 0.5) is 11.5 Å². The topological polar surface area (TPSA) is 35.5 Å². The minimum absolute atomic E-state index is 0.804. The summed E-state index contributed by atoms with van der Waals surface area (Å²) < 4.78 is 0. The lowest BCUT2D eigenvalue weighted by Gasteiger charge is -2.33. The average Bonchev–Trinajstić information content (AvgIpc) is 3.13. The Hall–Kier alpha value is -2.56. The minimum Gasteiger partial charge on any atom is -0.351 e. The molecule has 1 aromatic carbocycles. The quantitative estimate of drug-likeness (QED) is 0.843. The van der Waals surface area contributed by atoms with Crippen molar-refractivity contribution in [3.63, 3.8) is 0 Å². The third-order valence-electron chi connectivity index (χ3n) is 3.99. The lowest BCUT2D eigenvalue weighted by Crippen LogP contribution is -2.42. The van der Waals surface area contributed by atoms with E-state index in [1.807, 2.05) is 6.20 Å². The van der Waals surface area contributed by atoms with Crippen molar-refractivity contribution in [2.24, 2.45) is 0 Å². The Balaban J connectivity index is 1.70. The van der Waals surface area contributed by atoms with E-state index in [2.05, 4.69) is 68.3 Å². The monoisotopic (exact) mass is 279 g/mol. The highest BCUT2D eigenvalue weighted by molar-refractivity contribution is 5.74. The van der Waals surface area contributed by atoms with E-state index in [1.165, 1.54) is 11.3 Å². The molecule has 0 N–H and O–H groups in total. The molecule has 3 heterocycles. The van der Waals surface area contributed by atoms with Gasteiger partial charge in [0.2, 0.25) is 0 Å². The van der Waals surface area contributed by atoms with E-state index in [4.69, 9.17) is 0 Å². The zero-order chi connectivity index (χ0) is 14.2. The van der Waals surface area contributed by atoms with Crippen LogP contribution in [0.5, 0.6) is 0 Å². The molecule has 0 spiro atoms. The first-order valence-corrected chi connectivity index (χ1v) is 7.16. The van der Waals surface area contributed by atoms with Gasteiger partial charge < -0.3 is 4.90 Å². The Morgan fingerprint density at radius 3 is 2.81 bits per heavy atom. The molecule has 5 heteroatoms. The van der Waals surface area contributed by atoms with Crippen molar-refractivity contribution in [2.45, 2.75) is 6.42 Å². The van der Waals surface area contributed by atoms with Gasteiger partial charge in [0.1, 0.15) is 18.7 Å². The van der Waals surface area contributed by atoms with Crippen molar-refractivity contribution in [3.05, 3.63) is 54.5 Å². The number of hydrazine groups is 1. The van der Waals surface area contributed by atoms with Crippen molar-refractivity contribution in [1.82, 2.24) is 15.0 Å². The molecular formula is C16H17N5. The Morgan fingerprint density at radius 1 is 1.10 bits per heavy atom. The summed E-state index contributed by atoms with van der Waals surface area (Å²) in [6, 6.07) is 10.5. The molecule has 0 saturated heterocycles. The van der Waals surface area contributed by atoms with Crippen LogP contribution >= 0.6 is 0 Å². The Bertz CT molecular complexity index is 682. The predicted octanol–water partition coefficient (Wildman–Crippen LogP) is 2.35. The van der Waals surface area contributed by atoms with Crippen molar-refractivity contribution < 1.29 is 0 Å². The second-order valence-electron chi connectivity index (χ2n) is 5.34. The van der Waals surface area contributed by atoms with Gasteiger partial charge in [-0.05, 0) is 12.0 Å².